The van der Waals surface area contributed by atoms with Gasteiger partial charge in [-0.2, -0.15) is 0 Å². The van der Waals surface area contributed by atoms with E-state index in [9.17, 15) is 4.39 Å². The number of rotatable bonds is 3. The van der Waals surface area contributed by atoms with Crippen molar-refractivity contribution in [2.24, 2.45) is 0 Å². The minimum atomic E-state index is -0.327. The number of hydrogen-bond acceptors (Lipinski definition) is 3. The molecule has 0 atom stereocenters. The van der Waals surface area contributed by atoms with Gasteiger partial charge in [0.2, 0.25) is 0 Å². The largest absolute Gasteiger partial charge is 0.338 e. The lowest BCUT2D eigenvalue weighted by Gasteiger charge is -2.10. The quantitative estimate of drug-likeness (QED) is 0.844. The lowest BCUT2D eigenvalue weighted by atomic mass is 10.2. The van der Waals surface area contributed by atoms with Gasteiger partial charge in [0, 0.05) is 12.0 Å². The van der Waals surface area contributed by atoms with E-state index in [0.29, 0.717) is 22.5 Å². The van der Waals surface area contributed by atoms with Crippen molar-refractivity contribution in [2.45, 2.75) is 26.7 Å². The first-order chi connectivity index (χ1) is 8.95. The Hall–Kier alpha value is -1.68. The predicted molar refractivity (Wildman–Crippen MR) is 75.6 cm³/mol. The van der Waals surface area contributed by atoms with Crippen LogP contribution in [0.15, 0.2) is 24.3 Å². The van der Waals surface area contributed by atoms with E-state index in [4.69, 9.17) is 11.6 Å². The average molecular weight is 280 g/mol. The molecule has 0 saturated heterocycles. The number of halogens is 2. The topological polar surface area (TPSA) is 37.8 Å². The van der Waals surface area contributed by atoms with Crippen molar-refractivity contribution in [3.63, 3.8) is 0 Å². The zero-order valence-electron chi connectivity index (χ0n) is 11.0. The Balaban J connectivity index is 2.35. The standard InChI is InChI=1S/C14H15ClFN3/c1-8(2)14-18-12(15)7-13(19-14)17-11-6-9(3)4-5-10(11)16/h4-8H,1-3H3,(H,17,18,19). The Bertz CT molecular complexity index is 599. The summed E-state index contributed by atoms with van der Waals surface area (Å²) < 4.78 is 13.7. The third kappa shape index (κ3) is 3.41. The van der Waals surface area contributed by atoms with Crippen LogP contribution in [0.5, 0.6) is 0 Å². The van der Waals surface area contributed by atoms with Crippen molar-refractivity contribution < 1.29 is 4.39 Å². The molecule has 2 rings (SSSR count). The molecule has 5 heteroatoms. The maximum Gasteiger partial charge on any atom is 0.146 e. The van der Waals surface area contributed by atoms with Crippen molar-refractivity contribution in [3.8, 4) is 0 Å². The van der Waals surface area contributed by atoms with Gasteiger partial charge in [0.1, 0.15) is 22.6 Å². The van der Waals surface area contributed by atoms with Gasteiger partial charge in [0.15, 0.2) is 0 Å². The number of anilines is 2. The first-order valence-electron chi connectivity index (χ1n) is 6.03. The van der Waals surface area contributed by atoms with Gasteiger partial charge in [0.25, 0.3) is 0 Å². The molecule has 1 aromatic heterocycles. The molecule has 0 aliphatic carbocycles. The molecule has 0 radical (unpaired) electrons. The van der Waals surface area contributed by atoms with Crippen LogP contribution in [0, 0.1) is 12.7 Å². The molecular weight excluding hydrogens is 265 g/mol. The summed E-state index contributed by atoms with van der Waals surface area (Å²) in [5.41, 5.74) is 1.35. The summed E-state index contributed by atoms with van der Waals surface area (Å²) in [6.07, 6.45) is 0. The number of nitrogens with one attached hydrogen (secondary N) is 1. The number of hydrogen-bond donors (Lipinski definition) is 1. The molecule has 0 bridgehead atoms. The smallest absolute Gasteiger partial charge is 0.146 e. The normalized spacial score (nSPS) is 10.8. The molecule has 100 valence electrons. The number of aryl methyl sites for hydroxylation is 1. The van der Waals surface area contributed by atoms with Gasteiger partial charge in [-0.3, -0.25) is 0 Å². The highest BCUT2D eigenvalue weighted by molar-refractivity contribution is 6.29. The van der Waals surface area contributed by atoms with Crippen LogP contribution >= 0.6 is 11.6 Å². The summed E-state index contributed by atoms with van der Waals surface area (Å²) in [5, 5.41) is 3.28. The Morgan fingerprint density at radius 3 is 2.63 bits per heavy atom. The lowest BCUT2D eigenvalue weighted by Crippen LogP contribution is -2.03. The van der Waals surface area contributed by atoms with E-state index in [0.717, 1.165) is 5.56 Å². The molecule has 0 saturated carbocycles. The van der Waals surface area contributed by atoms with Crippen LogP contribution in [-0.4, -0.2) is 9.97 Å². The van der Waals surface area contributed by atoms with Crippen LogP contribution in [0.25, 0.3) is 0 Å². The fraction of sp³-hybridized carbons (Fsp3) is 0.286. The molecule has 3 nitrogen and oxygen atoms in total. The predicted octanol–water partition coefficient (Wildman–Crippen LogP) is 4.44. The molecule has 0 aliphatic heterocycles. The third-order valence-corrected chi connectivity index (χ3v) is 2.81. The van der Waals surface area contributed by atoms with Gasteiger partial charge in [-0.1, -0.05) is 31.5 Å². The molecular formula is C14H15ClFN3. The van der Waals surface area contributed by atoms with Crippen molar-refractivity contribution in [1.82, 2.24) is 9.97 Å². The Morgan fingerprint density at radius 2 is 1.95 bits per heavy atom. The summed E-state index contributed by atoms with van der Waals surface area (Å²) in [7, 11) is 0. The van der Waals surface area contributed by atoms with Crippen molar-refractivity contribution in [1.29, 1.82) is 0 Å². The first-order valence-corrected chi connectivity index (χ1v) is 6.41. The molecule has 1 heterocycles. The van der Waals surface area contributed by atoms with Crippen LogP contribution in [-0.2, 0) is 0 Å². The van der Waals surface area contributed by atoms with Crippen molar-refractivity contribution in [2.75, 3.05) is 5.32 Å². The molecule has 0 spiro atoms. The van der Waals surface area contributed by atoms with E-state index in [1.54, 1.807) is 18.2 Å². The van der Waals surface area contributed by atoms with Crippen LogP contribution in [0.4, 0.5) is 15.9 Å². The summed E-state index contributed by atoms with van der Waals surface area (Å²) in [4.78, 5) is 8.46. The van der Waals surface area contributed by atoms with Gasteiger partial charge in [0.05, 0.1) is 5.69 Å². The van der Waals surface area contributed by atoms with Gasteiger partial charge in [-0.15, -0.1) is 0 Å². The van der Waals surface area contributed by atoms with E-state index in [1.165, 1.54) is 6.07 Å². The zero-order valence-corrected chi connectivity index (χ0v) is 11.8. The maximum absolute atomic E-state index is 13.7. The van der Waals surface area contributed by atoms with Crippen LogP contribution in [0.2, 0.25) is 5.15 Å². The SMILES string of the molecule is Cc1ccc(F)c(Nc2cc(Cl)nc(C(C)C)n2)c1. The van der Waals surface area contributed by atoms with Gasteiger partial charge < -0.3 is 5.32 Å². The second kappa shape index (κ2) is 5.53. The fourth-order valence-corrected chi connectivity index (χ4v) is 1.82. The summed E-state index contributed by atoms with van der Waals surface area (Å²) >= 11 is 5.95. The summed E-state index contributed by atoms with van der Waals surface area (Å²) in [6, 6.07) is 6.44. The minimum absolute atomic E-state index is 0.154. The molecule has 0 amide bonds. The minimum Gasteiger partial charge on any atom is -0.338 e. The first kappa shape index (κ1) is 13.7. The number of aromatic nitrogens is 2. The molecule has 1 aromatic carbocycles. The zero-order chi connectivity index (χ0) is 14.0. The van der Waals surface area contributed by atoms with Crippen LogP contribution < -0.4 is 5.32 Å². The molecule has 2 aromatic rings. The third-order valence-electron chi connectivity index (χ3n) is 2.61. The second-order valence-corrected chi connectivity index (χ2v) is 5.08. The second-order valence-electron chi connectivity index (χ2n) is 4.70. The van der Waals surface area contributed by atoms with Crippen molar-refractivity contribution >= 4 is 23.1 Å². The average Bonchev–Trinajstić information content (AvgIpc) is 2.33. The van der Waals surface area contributed by atoms with Gasteiger partial charge in [-0.25, -0.2) is 14.4 Å². The van der Waals surface area contributed by atoms with E-state index in [2.05, 4.69) is 15.3 Å². The highest BCUT2D eigenvalue weighted by atomic mass is 35.5. The monoisotopic (exact) mass is 279 g/mol. The van der Waals surface area contributed by atoms with Crippen molar-refractivity contribution in [3.05, 3.63) is 46.6 Å². The van der Waals surface area contributed by atoms with E-state index in [-0.39, 0.29) is 11.7 Å². The van der Waals surface area contributed by atoms with Crippen LogP contribution in [0.1, 0.15) is 31.2 Å². The highest BCUT2D eigenvalue weighted by Gasteiger charge is 2.09. The molecule has 1 N–H and O–H groups in total. The molecule has 19 heavy (non-hydrogen) atoms. The van der Waals surface area contributed by atoms with Gasteiger partial charge in [-0.05, 0) is 24.6 Å². The number of nitrogens with zero attached hydrogens (tertiary/aromatic N) is 2. The molecule has 0 aliphatic rings. The summed E-state index contributed by atoms with van der Waals surface area (Å²) in [5.74, 6) is 0.948. The molecule has 0 unspecified atom stereocenters. The Morgan fingerprint density at radius 1 is 1.21 bits per heavy atom. The van der Waals surface area contributed by atoms with E-state index < -0.39 is 0 Å². The lowest BCUT2D eigenvalue weighted by molar-refractivity contribution is 0.631. The maximum atomic E-state index is 13.7. The fourth-order valence-electron chi connectivity index (χ4n) is 1.63. The van der Waals surface area contributed by atoms with E-state index in [1.807, 2.05) is 20.8 Å². The number of benzene rings is 1. The van der Waals surface area contributed by atoms with Gasteiger partial charge >= 0.3 is 0 Å². The molecule has 0 fully saturated rings. The van der Waals surface area contributed by atoms with E-state index >= 15 is 0 Å². The Kier molecular flexibility index (Phi) is 4.00. The highest BCUT2D eigenvalue weighted by Crippen LogP contribution is 2.23. The summed E-state index contributed by atoms with van der Waals surface area (Å²) in [6.45, 7) is 5.85. The Labute approximate surface area is 116 Å². The van der Waals surface area contributed by atoms with Crippen LogP contribution in [0.3, 0.4) is 0 Å².